The third-order valence-corrected chi connectivity index (χ3v) is 3.72. The minimum absolute atomic E-state index is 0.680. The van der Waals surface area contributed by atoms with Crippen molar-refractivity contribution in [1.29, 1.82) is 0 Å². The van der Waals surface area contributed by atoms with Gasteiger partial charge < -0.3 is 4.74 Å². The van der Waals surface area contributed by atoms with Crippen molar-refractivity contribution >= 4 is 21.9 Å². The Morgan fingerprint density at radius 3 is 2.53 bits per heavy atom. The molecule has 0 bridgehead atoms. The molecule has 0 saturated heterocycles. The minimum atomic E-state index is 0.680. The predicted molar refractivity (Wildman–Crippen MR) is 72.8 cm³/mol. The molecule has 0 N–H and O–H groups in total. The Hall–Kier alpha value is -1.60. The number of allylic oxidation sites excluding steroid dienone is 2. The van der Waals surface area contributed by atoms with Gasteiger partial charge in [0.05, 0.1) is 6.61 Å². The van der Waals surface area contributed by atoms with Crippen molar-refractivity contribution in [3.8, 4) is 0 Å². The van der Waals surface area contributed by atoms with Gasteiger partial charge in [-0.05, 0) is 64.6 Å². The average Bonchev–Trinajstić information content (AvgIpc) is 2.57. The molecule has 1 aliphatic carbocycles. The second kappa shape index (κ2) is 3.71. The molecule has 0 heterocycles. The molecular weight excluding hydrogens is 208 g/mol. The lowest BCUT2D eigenvalue weighted by atomic mass is 9.99. The summed E-state index contributed by atoms with van der Waals surface area (Å²) in [6.45, 7) is 5.10. The number of hydrogen-bond donors (Lipinski definition) is 0. The molecule has 0 radical (unpaired) electrons. The van der Waals surface area contributed by atoms with Gasteiger partial charge in [-0.25, -0.2) is 0 Å². The summed E-state index contributed by atoms with van der Waals surface area (Å²) in [6, 6.07) is 11.0. The van der Waals surface area contributed by atoms with Crippen LogP contribution in [0.3, 0.4) is 0 Å². The largest absolute Gasteiger partial charge is 0.380 e. The van der Waals surface area contributed by atoms with E-state index in [0.717, 1.165) is 0 Å². The van der Waals surface area contributed by atoms with Gasteiger partial charge in [0.25, 0.3) is 0 Å². The zero-order valence-electron chi connectivity index (χ0n) is 10.5. The second-order valence-corrected chi connectivity index (χ2v) is 4.73. The van der Waals surface area contributed by atoms with Gasteiger partial charge in [0.15, 0.2) is 0 Å². The molecule has 17 heavy (non-hydrogen) atoms. The van der Waals surface area contributed by atoms with Gasteiger partial charge in [0.1, 0.15) is 0 Å². The van der Waals surface area contributed by atoms with Gasteiger partial charge in [-0.2, -0.15) is 0 Å². The number of methoxy groups -OCH3 is 1. The van der Waals surface area contributed by atoms with Crippen LogP contribution in [0.15, 0.2) is 30.3 Å². The van der Waals surface area contributed by atoms with Gasteiger partial charge >= 0.3 is 0 Å². The fourth-order valence-corrected chi connectivity index (χ4v) is 2.75. The molecule has 1 heteroatoms. The van der Waals surface area contributed by atoms with Crippen LogP contribution in [0.4, 0.5) is 0 Å². The highest BCUT2D eigenvalue weighted by molar-refractivity contribution is 6.13. The molecule has 1 aliphatic rings. The van der Waals surface area contributed by atoms with Crippen LogP contribution in [0.5, 0.6) is 0 Å². The van der Waals surface area contributed by atoms with Crippen LogP contribution in [0, 0.1) is 0 Å². The van der Waals surface area contributed by atoms with E-state index < -0.39 is 0 Å². The normalized spacial score (nSPS) is 13.8. The first-order valence-corrected chi connectivity index (χ1v) is 5.95. The first-order chi connectivity index (χ1) is 8.22. The molecule has 0 atom stereocenters. The Labute approximate surface area is 102 Å². The van der Waals surface area contributed by atoms with Crippen LogP contribution >= 0.6 is 0 Å². The van der Waals surface area contributed by atoms with Crippen LogP contribution in [0.1, 0.15) is 30.5 Å². The monoisotopic (exact) mass is 224 g/mol. The first kappa shape index (κ1) is 10.5. The van der Waals surface area contributed by atoms with Gasteiger partial charge in [0.2, 0.25) is 0 Å². The highest BCUT2D eigenvalue weighted by Crippen LogP contribution is 2.41. The summed E-state index contributed by atoms with van der Waals surface area (Å²) in [4.78, 5) is 0. The fourth-order valence-electron chi connectivity index (χ4n) is 2.75. The predicted octanol–water partition coefficient (Wildman–Crippen LogP) is 4.25. The van der Waals surface area contributed by atoms with Gasteiger partial charge in [-0.1, -0.05) is 18.2 Å². The van der Waals surface area contributed by atoms with Crippen molar-refractivity contribution in [3.63, 3.8) is 0 Å². The third-order valence-electron chi connectivity index (χ3n) is 3.72. The first-order valence-electron chi connectivity index (χ1n) is 5.95. The molecule has 0 aromatic heterocycles. The lowest BCUT2D eigenvalue weighted by Gasteiger charge is -2.07. The second-order valence-electron chi connectivity index (χ2n) is 4.73. The molecule has 86 valence electrons. The number of ether oxygens (including phenoxy) is 1. The van der Waals surface area contributed by atoms with E-state index in [1.165, 1.54) is 38.6 Å². The van der Waals surface area contributed by atoms with E-state index in [9.17, 15) is 0 Å². The average molecular weight is 224 g/mol. The van der Waals surface area contributed by atoms with E-state index in [1.807, 2.05) is 0 Å². The van der Waals surface area contributed by atoms with Crippen molar-refractivity contribution in [3.05, 3.63) is 47.0 Å². The standard InChI is InChI=1S/C16H16O/c1-10-11(2)15-8-12(9-17-3)7-13-5-4-6-14(10)16(13)15/h4-8H,9H2,1-3H3. The molecule has 0 fully saturated rings. The van der Waals surface area contributed by atoms with E-state index in [-0.39, 0.29) is 0 Å². The number of rotatable bonds is 2. The SMILES string of the molecule is COCc1cc2c3c(cccc3c1)C(C)=C2C. The number of hydrogen-bond acceptors (Lipinski definition) is 1. The van der Waals surface area contributed by atoms with E-state index in [0.29, 0.717) is 6.61 Å². The van der Waals surface area contributed by atoms with Crippen molar-refractivity contribution in [1.82, 2.24) is 0 Å². The fraction of sp³-hybridized carbons (Fsp3) is 0.250. The molecule has 0 aliphatic heterocycles. The molecule has 0 amide bonds. The summed E-state index contributed by atoms with van der Waals surface area (Å²) in [5, 5.41) is 2.73. The van der Waals surface area contributed by atoms with Crippen molar-refractivity contribution in [2.24, 2.45) is 0 Å². The minimum Gasteiger partial charge on any atom is -0.380 e. The maximum absolute atomic E-state index is 5.24. The molecule has 1 nitrogen and oxygen atoms in total. The van der Waals surface area contributed by atoms with Crippen LogP contribution < -0.4 is 0 Å². The lowest BCUT2D eigenvalue weighted by molar-refractivity contribution is 0.185. The molecule has 3 rings (SSSR count). The van der Waals surface area contributed by atoms with Gasteiger partial charge in [-0.3, -0.25) is 0 Å². The Bertz CT molecular complexity index is 635. The molecule has 2 aromatic rings. The Morgan fingerprint density at radius 2 is 1.76 bits per heavy atom. The summed E-state index contributed by atoms with van der Waals surface area (Å²) < 4.78 is 5.24. The van der Waals surface area contributed by atoms with Crippen LogP contribution in [-0.4, -0.2) is 7.11 Å². The zero-order chi connectivity index (χ0) is 12.0. The van der Waals surface area contributed by atoms with E-state index in [1.54, 1.807) is 7.11 Å². The van der Waals surface area contributed by atoms with Gasteiger partial charge in [0, 0.05) is 7.11 Å². The number of benzene rings is 2. The molecule has 0 saturated carbocycles. The van der Waals surface area contributed by atoms with Crippen LogP contribution in [0.2, 0.25) is 0 Å². The van der Waals surface area contributed by atoms with Crippen molar-refractivity contribution in [2.45, 2.75) is 20.5 Å². The van der Waals surface area contributed by atoms with Crippen molar-refractivity contribution < 1.29 is 4.74 Å². The van der Waals surface area contributed by atoms with Crippen LogP contribution in [-0.2, 0) is 11.3 Å². The third kappa shape index (κ3) is 1.43. The van der Waals surface area contributed by atoms with E-state index in [2.05, 4.69) is 44.2 Å². The lowest BCUT2D eigenvalue weighted by Crippen LogP contribution is -1.90. The van der Waals surface area contributed by atoms with E-state index in [4.69, 9.17) is 4.74 Å². The van der Waals surface area contributed by atoms with E-state index >= 15 is 0 Å². The molecule has 2 aromatic carbocycles. The molecular formula is C16H16O. The maximum atomic E-state index is 5.24. The van der Waals surface area contributed by atoms with Crippen molar-refractivity contribution in [2.75, 3.05) is 7.11 Å². The summed E-state index contributed by atoms with van der Waals surface area (Å²) >= 11 is 0. The summed E-state index contributed by atoms with van der Waals surface area (Å²) in [6.07, 6.45) is 0. The van der Waals surface area contributed by atoms with Crippen LogP contribution in [0.25, 0.3) is 21.9 Å². The zero-order valence-corrected chi connectivity index (χ0v) is 10.5. The van der Waals surface area contributed by atoms with Gasteiger partial charge in [-0.15, -0.1) is 0 Å². The smallest absolute Gasteiger partial charge is 0.0713 e. The summed E-state index contributed by atoms with van der Waals surface area (Å²) in [5.41, 5.74) is 6.82. The quantitative estimate of drug-likeness (QED) is 0.741. The Kier molecular flexibility index (Phi) is 2.30. The molecule has 0 spiro atoms. The summed E-state index contributed by atoms with van der Waals surface area (Å²) in [5.74, 6) is 0. The highest BCUT2D eigenvalue weighted by Gasteiger charge is 2.18. The summed E-state index contributed by atoms with van der Waals surface area (Å²) in [7, 11) is 1.74. The topological polar surface area (TPSA) is 9.23 Å². The Morgan fingerprint density at radius 1 is 1.00 bits per heavy atom. The maximum Gasteiger partial charge on any atom is 0.0713 e. The molecule has 0 unspecified atom stereocenters. The Balaban J connectivity index is 2.36. The highest BCUT2D eigenvalue weighted by atomic mass is 16.5.